The zero-order valence-electron chi connectivity index (χ0n) is 15.5. The van der Waals surface area contributed by atoms with E-state index in [-0.39, 0.29) is 11.8 Å². The quantitative estimate of drug-likeness (QED) is 0.713. The van der Waals surface area contributed by atoms with Crippen molar-refractivity contribution in [2.45, 2.75) is 52.9 Å². The molecule has 1 aromatic carbocycles. The van der Waals surface area contributed by atoms with Gasteiger partial charge in [-0.15, -0.1) is 0 Å². The Kier molecular flexibility index (Phi) is 4.53. The van der Waals surface area contributed by atoms with Crippen molar-refractivity contribution in [3.05, 3.63) is 35.0 Å². The lowest BCUT2D eigenvalue weighted by Gasteiger charge is -2.20. The number of fused-ring (bicyclic) bond motifs is 1. The van der Waals surface area contributed by atoms with E-state index < -0.39 is 0 Å². The van der Waals surface area contributed by atoms with Gasteiger partial charge in [0, 0.05) is 12.0 Å². The highest BCUT2D eigenvalue weighted by molar-refractivity contribution is 7.20. The minimum absolute atomic E-state index is 0.110. The van der Waals surface area contributed by atoms with Gasteiger partial charge in [0.15, 0.2) is 0 Å². The number of nitrogens with one attached hydrogen (secondary N) is 1. The SMILES string of the molecule is Cc1cc(NC(=O)C2CCCCC2)n(-c2nc3cc(C)c(C)cc3s2)n1. The molecule has 0 saturated heterocycles. The molecule has 0 atom stereocenters. The number of thiazole rings is 1. The van der Waals surface area contributed by atoms with Gasteiger partial charge in [0.2, 0.25) is 11.0 Å². The number of carbonyl (C=O) groups excluding carboxylic acids is 1. The summed E-state index contributed by atoms with van der Waals surface area (Å²) in [5, 5.41) is 8.45. The van der Waals surface area contributed by atoms with Crippen molar-refractivity contribution in [1.29, 1.82) is 0 Å². The van der Waals surface area contributed by atoms with Crippen LogP contribution in [0.5, 0.6) is 0 Å². The van der Waals surface area contributed by atoms with Gasteiger partial charge in [-0.2, -0.15) is 9.78 Å². The first-order valence-electron chi connectivity index (χ1n) is 9.27. The lowest BCUT2D eigenvalue weighted by atomic mass is 9.89. The maximum atomic E-state index is 12.7. The van der Waals surface area contributed by atoms with E-state index in [0.717, 1.165) is 46.7 Å². The van der Waals surface area contributed by atoms with Crippen molar-refractivity contribution in [1.82, 2.24) is 14.8 Å². The Bertz CT molecular complexity index is 927. The third kappa shape index (κ3) is 3.26. The van der Waals surface area contributed by atoms with Crippen molar-refractivity contribution < 1.29 is 4.79 Å². The Morgan fingerprint density at radius 3 is 2.62 bits per heavy atom. The molecule has 1 N–H and O–H groups in total. The topological polar surface area (TPSA) is 59.8 Å². The number of anilines is 1. The second-order valence-electron chi connectivity index (χ2n) is 7.31. The third-order valence-electron chi connectivity index (χ3n) is 5.23. The van der Waals surface area contributed by atoms with E-state index >= 15 is 0 Å². The zero-order valence-corrected chi connectivity index (χ0v) is 16.3. The molecule has 1 fully saturated rings. The molecule has 1 aliphatic rings. The fourth-order valence-electron chi connectivity index (χ4n) is 3.59. The Labute approximate surface area is 157 Å². The predicted octanol–water partition coefficient (Wildman–Crippen LogP) is 4.93. The van der Waals surface area contributed by atoms with Crippen LogP contribution in [0, 0.1) is 26.7 Å². The number of rotatable bonds is 3. The summed E-state index contributed by atoms with van der Waals surface area (Å²) < 4.78 is 2.91. The largest absolute Gasteiger partial charge is 0.310 e. The maximum Gasteiger partial charge on any atom is 0.228 e. The first-order chi connectivity index (χ1) is 12.5. The molecule has 0 spiro atoms. The Morgan fingerprint density at radius 2 is 1.85 bits per heavy atom. The van der Waals surface area contributed by atoms with Crippen molar-refractivity contribution in [2.24, 2.45) is 5.92 Å². The molecule has 2 aromatic heterocycles. The first-order valence-corrected chi connectivity index (χ1v) is 10.1. The Morgan fingerprint density at radius 1 is 1.12 bits per heavy atom. The molecule has 1 amide bonds. The van der Waals surface area contributed by atoms with Crippen LogP contribution < -0.4 is 5.32 Å². The second kappa shape index (κ2) is 6.83. The minimum Gasteiger partial charge on any atom is -0.310 e. The molecule has 0 bridgehead atoms. The molecule has 2 heterocycles. The molecule has 0 radical (unpaired) electrons. The number of nitrogens with zero attached hydrogens (tertiary/aromatic N) is 3. The van der Waals surface area contributed by atoms with Gasteiger partial charge in [-0.1, -0.05) is 30.6 Å². The normalized spacial score (nSPS) is 15.5. The molecule has 26 heavy (non-hydrogen) atoms. The summed E-state index contributed by atoms with van der Waals surface area (Å²) in [6.45, 7) is 6.15. The van der Waals surface area contributed by atoms with E-state index in [1.54, 1.807) is 16.0 Å². The average molecular weight is 369 g/mol. The number of carbonyl (C=O) groups is 1. The van der Waals surface area contributed by atoms with Gasteiger partial charge >= 0.3 is 0 Å². The van der Waals surface area contributed by atoms with E-state index in [0.29, 0.717) is 5.82 Å². The van der Waals surface area contributed by atoms with E-state index in [4.69, 9.17) is 4.98 Å². The predicted molar refractivity (Wildman–Crippen MR) is 106 cm³/mol. The van der Waals surface area contributed by atoms with Crippen LogP contribution in [-0.4, -0.2) is 20.7 Å². The summed E-state index contributed by atoms with van der Waals surface area (Å²) in [5.41, 5.74) is 4.34. The van der Waals surface area contributed by atoms with Gasteiger partial charge in [0.1, 0.15) is 5.82 Å². The smallest absolute Gasteiger partial charge is 0.228 e. The van der Waals surface area contributed by atoms with E-state index in [1.165, 1.54) is 17.5 Å². The molecule has 5 nitrogen and oxygen atoms in total. The van der Waals surface area contributed by atoms with E-state index in [1.807, 2.05) is 13.0 Å². The van der Waals surface area contributed by atoms with Crippen molar-refractivity contribution in [3.63, 3.8) is 0 Å². The van der Waals surface area contributed by atoms with Gasteiger partial charge in [0.05, 0.1) is 15.9 Å². The average Bonchev–Trinajstić information content (AvgIpc) is 3.19. The lowest BCUT2D eigenvalue weighted by Crippen LogP contribution is -2.25. The molecular weight excluding hydrogens is 344 g/mol. The highest BCUT2D eigenvalue weighted by atomic mass is 32.1. The minimum atomic E-state index is 0.110. The van der Waals surface area contributed by atoms with Gasteiger partial charge in [-0.3, -0.25) is 4.79 Å². The fourth-order valence-corrected chi connectivity index (χ4v) is 4.60. The van der Waals surface area contributed by atoms with Crippen LogP contribution in [-0.2, 0) is 4.79 Å². The first kappa shape index (κ1) is 17.2. The number of benzene rings is 1. The van der Waals surface area contributed by atoms with Crippen LogP contribution in [0.3, 0.4) is 0 Å². The summed E-state index contributed by atoms with van der Waals surface area (Å²) >= 11 is 1.60. The summed E-state index contributed by atoms with van der Waals surface area (Å²) in [4.78, 5) is 17.4. The number of hydrogen-bond donors (Lipinski definition) is 1. The van der Waals surface area contributed by atoms with Crippen molar-refractivity contribution in [3.8, 4) is 5.13 Å². The summed E-state index contributed by atoms with van der Waals surface area (Å²) in [7, 11) is 0. The van der Waals surface area contributed by atoms with E-state index in [9.17, 15) is 4.79 Å². The Balaban J connectivity index is 1.66. The second-order valence-corrected chi connectivity index (χ2v) is 8.32. The van der Waals surface area contributed by atoms with Gasteiger partial charge in [-0.25, -0.2) is 4.98 Å². The number of aromatic nitrogens is 3. The maximum absolute atomic E-state index is 12.7. The Hall–Kier alpha value is -2.21. The van der Waals surface area contributed by atoms with Gasteiger partial charge in [-0.05, 0) is 56.9 Å². The molecule has 1 aliphatic carbocycles. The monoisotopic (exact) mass is 368 g/mol. The van der Waals surface area contributed by atoms with E-state index in [2.05, 4.69) is 36.4 Å². The summed E-state index contributed by atoms with van der Waals surface area (Å²) in [6.07, 6.45) is 5.50. The van der Waals surface area contributed by atoms with Crippen LogP contribution in [0.1, 0.15) is 48.9 Å². The molecule has 136 valence electrons. The highest BCUT2D eigenvalue weighted by Gasteiger charge is 2.23. The number of amides is 1. The molecule has 3 aromatic rings. The number of hydrogen-bond acceptors (Lipinski definition) is 4. The van der Waals surface area contributed by atoms with Crippen LogP contribution in [0.2, 0.25) is 0 Å². The number of aryl methyl sites for hydroxylation is 3. The molecule has 4 rings (SSSR count). The standard InChI is InChI=1S/C20H24N4OS/c1-12-9-16-17(10-13(12)2)26-20(21-16)24-18(11-14(3)23-24)22-19(25)15-7-5-4-6-8-15/h9-11,15H,4-8H2,1-3H3,(H,22,25). The summed E-state index contributed by atoms with van der Waals surface area (Å²) in [5.74, 6) is 0.942. The lowest BCUT2D eigenvalue weighted by molar-refractivity contribution is -0.120. The van der Waals surface area contributed by atoms with Gasteiger partial charge in [0.25, 0.3) is 0 Å². The molecule has 0 aliphatic heterocycles. The van der Waals surface area contributed by atoms with Crippen LogP contribution in [0.25, 0.3) is 15.3 Å². The highest BCUT2D eigenvalue weighted by Crippen LogP contribution is 2.30. The zero-order chi connectivity index (χ0) is 18.3. The molecule has 0 unspecified atom stereocenters. The fraction of sp³-hybridized carbons (Fsp3) is 0.450. The van der Waals surface area contributed by atoms with Crippen LogP contribution in [0.15, 0.2) is 18.2 Å². The van der Waals surface area contributed by atoms with Crippen molar-refractivity contribution in [2.75, 3.05) is 5.32 Å². The van der Waals surface area contributed by atoms with Crippen LogP contribution >= 0.6 is 11.3 Å². The molecule has 6 heteroatoms. The van der Waals surface area contributed by atoms with Crippen LogP contribution in [0.4, 0.5) is 5.82 Å². The molecule has 1 saturated carbocycles. The molecular formula is C20H24N4OS. The third-order valence-corrected chi connectivity index (χ3v) is 6.23. The van der Waals surface area contributed by atoms with Crippen molar-refractivity contribution >= 4 is 33.3 Å². The summed E-state index contributed by atoms with van der Waals surface area (Å²) in [6, 6.07) is 6.20. The van der Waals surface area contributed by atoms with Gasteiger partial charge < -0.3 is 5.32 Å².